The predicted molar refractivity (Wildman–Crippen MR) is 173 cm³/mol. The third-order valence-corrected chi connectivity index (χ3v) is 9.15. The fraction of sp³-hybridized carbons (Fsp3) is 0.235. The number of ether oxygens (including phenoxy) is 3. The van der Waals surface area contributed by atoms with Crippen molar-refractivity contribution < 1.29 is 23.8 Å². The Bertz CT molecular complexity index is 2060. The number of halogens is 1. The zero-order valence-electron chi connectivity index (χ0n) is 25.1. The number of benzene rings is 3. The molecule has 230 valence electrons. The molecule has 0 spiro atoms. The fourth-order valence-corrected chi connectivity index (χ4v) is 7.07. The molecule has 0 unspecified atom stereocenters. The number of anilines is 1. The van der Waals surface area contributed by atoms with Crippen LogP contribution in [0.25, 0.3) is 5.57 Å². The number of thiazole rings is 1. The minimum Gasteiger partial charge on any atom is -0.493 e. The van der Waals surface area contributed by atoms with Crippen LogP contribution >= 0.6 is 22.9 Å². The zero-order chi connectivity index (χ0) is 31.8. The summed E-state index contributed by atoms with van der Waals surface area (Å²) in [5.41, 5.74) is 3.20. The van der Waals surface area contributed by atoms with Crippen molar-refractivity contribution in [3.8, 4) is 11.5 Å². The third kappa shape index (κ3) is 5.23. The number of carbonyl (C=O) groups is 2. The molecular weight excluding hydrogens is 614 g/mol. The van der Waals surface area contributed by atoms with E-state index in [1.807, 2.05) is 49.4 Å². The average molecular weight is 644 g/mol. The van der Waals surface area contributed by atoms with Crippen molar-refractivity contribution in [2.24, 2.45) is 4.99 Å². The van der Waals surface area contributed by atoms with Crippen LogP contribution in [0.2, 0.25) is 5.02 Å². The van der Waals surface area contributed by atoms with Gasteiger partial charge < -0.3 is 19.1 Å². The lowest BCUT2D eigenvalue weighted by molar-refractivity contribution is -0.139. The van der Waals surface area contributed by atoms with Gasteiger partial charge in [-0.3, -0.25) is 14.2 Å². The Morgan fingerprint density at radius 1 is 1.00 bits per heavy atom. The number of amides is 1. The number of fused-ring (bicyclic) bond motifs is 2. The smallest absolute Gasteiger partial charge is 0.338 e. The summed E-state index contributed by atoms with van der Waals surface area (Å²) in [6.45, 7) is 6.06. The Balaban J connectivity index is 1.58. The molecule has 9 nitrogen and oxygen atoms in total. The normalized spacial score (nSPS) is 16.7. The van der Waals surface area contributed by atoms with Crippen molar-refractivity contribution in [1.29, 1.82) is 0 Å². The van der Waals surface area contributed by atoms with Gasteiger partial charge in [-0.05, 0) is 56.2 Å². The van der Waals surface area contributed by atoms with E-state index in [0.29, 0.717) is 50.4 Å². The lowest BCUT2D eigenvalue weighted by atomic mass is 9.95. The van der Waals surface area contributed by atoms with Gasteiger partial charge in [-0.2, -0.15) is 0 Å². The minimum atomic E-state index is -0.884. The SMILES string of the molecule is CCOC(=O)C1=C(C)N=c2s/c(=C3/C(=O)N(Cc4ccccc4Cl)c4ccccc43)c(=O)n2[C@H]1c1ccc(OC)c(OCC)c1. The van der Waals surface area contributed by atoms with Crippen LogP contribution in [-0.2, 0) is 20.9 Å². The number of nitrogens with zero attached hydrogens (tertiary/aromatic N) is 3. The number of para-hydroxylation sites is 1. The van der Waals surface area contributed by atoms with Gasteiger partial charge in [0.2, 0.25) is 0 Å². The molecule has 1 amide bonds. The van der Waals surface area contributed by atoms with E-state index in [-0.39, 0.29) is 34.7 Å². The number of aromatic nitrogens is 1. The maximum Gasteiger partial charge on any atom is 0.338 e. The van der Waals surface area contributed by atoms with E-state index in [9.17, 15) is 14.4 Å². The molecule has 0 aliphatic carbocycles. The highest BCUT2D eigenvalue weighted by Gasteiger charge is 2.37. The topological polar surface area (TPSA) is 99.4 Å². The van der Waals surface area contributed by atoms with Crippen molar-refractivity contribution in [1.82, 2.24) is 4.57 Å². The minimum absolute atomic E-state index is 0.149. The highest BCUT2D eigenvalue weighted by molar-refractivity contribution is 7.07. The molecule has 1 atom stereocenters. The number of carbonyl (C=O) groups excluding carboxylic acids is 2. The van der Waals surface area contributed by atoms with Crippen LogP contribution in [0.3, 0.4) is 0 Å². The molecule has 0 saturated carbocycles. The fourth-order valence-electron chi connectivity index (χ4n) is 5.74. The first kappa shape index (κ1) is 30.4. The first-order valence-electron chi connectivity index (χ1n) is 14.5. The van der Waals surface area contributed by atoms with E-state index >= 15 is 0 Å². The van der Waals surface area contributed by atoms with Crippen molar-refractivity contribution in [3.05, 3.63) is 119 Å². The number of hydrogen-bond donors (Lipinski definition) is 0. The first-order chi connectivity index (χ1) is 21.8. The lowest BCUT2D eigenvalue weighted by Gasteiger charge is -2.25. The molecule has 0 bridgehead atoms. The number of methoxy groups -OCH3 is 1. The molecular formula is C34H30ClN3O6S. The second kappa shape index (κ2) is 12.4. The maximum atomic E-state index is 14.5. The first-order valence-corrected chi connectivity index (χ1v) is 15.7. The van der Waals surface area contributed by atoms with Crippen molar-refractivity contribution in [2.45, 2.75) is 33.4 Å². The number of esters is 1. The van der Waals surface area contributed by atoms with Gasteiger partial charge in [0.05, 0.1) is 55.4 Å². The molecule has 11 heteroatoms. The van der Waals surface area contributed by atoms with Crippen molar-refractivity contribution >= 4 is 46.1 Å². The predicted octanol–water partition coefficient (Wildman–Crippen LogP) is 4.78. The summed E-state index contributed by atoms with van der Waals surface area (Å²) in [4.78, 5) is 48.7. The number of allylic oxidation sites excluding steroid dienone is 1. The summed E-state index contributed by atoms with van der Waals surface area (Å²) >= 11 is 7.58. The third-order valence-electron chi connectivity index (χ3n) is 7.73. The van der Waals surface area contributed by atoms with Gasteiger partial charge in [-0.15, -0.1) is 0 Å². The second-order valence-corrected chi connectivity index (χ2v) is 11.7. The van der Waals surface area contributed by atoms with Crippen LogP contribution in [0, 0.1) is 0 Å². The largest absolute Gasteiger partial charge is 0.493 e. The van der Waals surface area contributed by atoms with E-state index in [4.69, 9.17) is 25.8 Å². The average Bonchev–Trinajstić information content (AvgIpc) is 3.49. The Kier molecular flexibility index (Phi) is 8.35. The molecule has 0 radical (unpaired) electrons. The summed E-state index contributed by atoms with van der Waals surface area (Å²) < 4.78 is 18.4. The Morgan fingerprint density at radius 3 is 2.49 bits per heavy atom. The molecule has 2 aliphatic heterocycles. The van der Waals surface area contributed by atoms with E-state index in [2.05, 4.69) is 4.99 Å². The second-order valence-electron chi connectivity index (χ2n) is 10.3. The molecule has 0 N–H and O–H groups in total. The van der Waals surface area contributed by atoms with Gasteiger partial charge in [-0.1, -0.05) is 65.4 Å². The molecule has 3 heterocycles. The number of rotatable bonds is 8. The summed E-state index contributed by atoms with van der Waals surface area (Å²) in [6, 6.07) is 19.1. The van der Waals surface area contributed by atoms with Crippen molar-refractivity contribution in [2.75, 3.05) is 25.2 Å². The zero-order valence-corrected chi connectivity index (χ0v) is 26.7. The van der Waals surface area contributed by atoms with Crippen LogP contribution < -0.4 is 29.3 Å². The van der Waals surface area contributed by atoms with Gasteiger partial charge in [-0.25, -0.2) is 9.79 Å². The maximum absolute atomic E-state index is 14.5. The van der Waals surface area contributed by atoms with E-state index in [0.717, 1.165) is 16.9 Å². The van der Waals surface area contributed by atoms with Crippen molar-refractivity contribution in [3.63, 3.8) is 0 Å². The van der Waals surface area contributed by atoms with Crippen LogP contribution in [0.15, 0.2) is 87.8 Å². The van der Waals surface area contributed by atoms with Gasteiger partial charge in [0, 0.05) is 10.6 Å². The summed E-state index contributed by atoms with van der Waals surface area (Å²) in [5.74, 6) is 0.0850. The van der Waals surface area contributed by atoms with Gasteiger partial charge in [0.1, 0.15) is 4.53 Å². The standard InChI is InChI=1S/C34H30ClN3O6S/c1-5-43-26-17-20(15-16-25(26)42-4)29-27(33(41)44-6-2)19(3)36-34-38(29)32(40)30(45-34)28-22-12-8-10-14-24(22)37(31(28)39)18-21-11-7-9-13-23(21)35/h7-17,29H,5-6,18H2,1-4H3/b30-28+/t29-/m0/s1. The van der Waals surface area contributed by atoms with Crippen LogP contribution in [0.1, 0.15) is 43.5 Å². The van der Waals surface area contributed by atoms with Gasteiger partial charge in [0.15, 0.2) is 16.3 Å². The van der Waals surface area contributed by atoms with Crippen LogP contribution in [-0.4, -0.2) is 36.8 Å². The van der Waals surface area contributed by atoms with E-state index in [1.54, 1.807) is 50.1 Å². The molecule has 0 fully saturated rings. The lowest BCUT2D eigenvalue weighted by Crippen LogP contribution is -2.41. The van der Waals surface area contributed by atoms with E-state index in [1.165, 1.54) is 4.57 Å². The summed E-state index contributed by atoms with van der Waals surface area (Å²) in [5, 5.41) is 0.545. The Labute approximate surface area is 268 Å². The molecule has 45 heavy (non-hydrogen) atoms. The molecule has 0 saturated heterocycles. The van der Waals surface area contributed by atoms with Crippen LogP contribution in [0.5, 0.6) is 11.5 Å². The quantitative estimate of drug-likeness (QED) is 0.257. The highest BCUT2D eigenvalue weighted by atomic mass is 35.5. The Morgan fingerprint density at radius 2 is 1.76 bits per heavy atom. The molecule has 3 aromatic carbocycles. The molecule has 2 aliphatic rings. The molecule has 6 rings (SSSR count). The monoisotopic (exact) mass is 643 g/mol. The summed E-state index contributed by atoms with van der Waals surface area (Å²) in [6.07, 6.45) is 0. The molecule has 1 aromatic heterocycles. The van der Waals surface area contributed by atoms with Crippen LogP contribution in [0.4, 0.5) is 5.69 Å². The Hall–Kier alpha value is -4.67. The summed E-state index contributed by atoms with van der Waals surface area (Å²) in [7, 11) is 1.54. The van der Waals surface area contributed by atoms with Gasteiger partial charge >= 0.3 is 5.97 Å². The molecule has 4 aromatic rings. The van der Waals surface area contributed by atoms with E-state index < -0.39 is 17.6 Å². The van der Waals surface area contributed by atoms with Gasteiger partial charge in [0.25, 0.3) is 11.5 Å². The number of hydrogen-bond acceptors (Lipinski definition) is 8. The highest BCUT2D eigenvalue weighted by Crippen LogP contribution is 2.38.